The molecule has 0 saturated heterocycles. The first kappa shape index (κ1) is 15.2. The smallest absolute Gasteiger partial charge is 0.305 e. The Bertz CT molecular complexity index is 171. The van der Waals surface area contributed by atoms with Gasteiger partial charge in [-0.05, 0) is 19.8 Å². The summed E-state index contributed by atoms with van der Waals surface area (Å²) in [4.78, 5) is 19.7. The van der Waals surface area contributed by atoms with Crippen LogP contribution in [0.5, 0.6) is 0 Å². The van der Waals surface area contributed by atoms with Crippen LogP contribution in [0.1, 0.15) is 33.1 Å². The molecule has 0 fully saturated rings. The van der Waals surface area contributed by atoms with Gasteiger partial charge >= 0.3 is 5.97 Å². The minimum Gasteiger partial charge on any atom is -0.481 e. The normalized spacial score (nSPS) is 8.14. The fraction of sp³-hybridized carbons (Fsp3) is 0.600. The third-order valence-corrected chi connectivity index (χ3v) is 1.09. The highest BCUT2D eigenvalue weighted by Gasteiger charge is 1.97. The van der Waals surface area contributed by atoms with Crippen molar-refractivity contribution >= 4 is 11.9 Å². The van der Waals surface area contributed by atoms with Crippen molar-refractivity contribution in [1.82, 2.24) is 0 Å². The largest absolute Gasteiger partial charge is 0.481 e. The van der Waals surface area contributed by atoms with Crippen LogP contribution < -0.4 is 0 Å². The van der Waals surface area contributed by atoms with Crippen molar-refractivity contribution in [1.29, 1.82) is 0 Å². The number of hydrogen-bond donors (Lipinski definition) is 1. The number of aliphatic carboxylic acids is 1. The minimum atomic E-state index is -0.833. The van der Waals surface area contributed by atoms with E-state index in [4.69, 9.17) is 14.6 Å². The van der Waals surface area contributed by atoms with Gasteiger partial charge in [0.1, 0.15) is 0 Å². The average molecular weight is 202 g/mol. The molecule has 0 amide bonds. The lowest BCUT2D eigenvalue weighted by molar-refractivity contribution is -0.143. The number of esters is 1. The molecule has 0 aliphatic heterocycles. The van der Waals surface area contributed by atoms with Gasteiger partial charge in [0.15, 0.2) is 0 Å². The molecule has 4 nitrogen and oxygen atoms in total. The van der Waals surface area contributed by atoms with E-state index in [-0.39, 0.29) is 5.97 Å². The van der Waals surface area contributed by atoms with E-state index in [1.165, 1.54) is 0 Å². The molecule has 14 heavy (non-hydrogen) atoms. The van der Waals surface area contributed by atoms with Crippen molar-refractivity contribution in [2.24, 2.45) is 0 Å². The maximum atomic E-state index is 10.7. The van der Waals surface area contributed by atoms with Crippen LogP contribution in [-0.2, 0) is 14.3 Å². The van der Waals surface area contributed by atoms with Crippen molar-refractivity contribution in [3.63, 3.8) is 0 Å². The zero-order chi connectivity index (χ0) is 11.4. The number of carboxylic acids is 1. The van der Waals surface area contributed by atoms with E-state index in [2.05, 4.69) is 6.58 Å². The van der Waals surface area contributed by atoms with E-state index in [1.807, 2.05) is 6.92 Å². The Kier molecular flexibility index (Phi) is 12.7. The minimum absolute atomic E-state index is 0.107. The van der Waals surface area contributed by atoms with Crippen LogP contribution in [0.25, 0.3) is 0 Å². The average Bonchev–Trinajstić information content (AvgIpc) is 2.04. The quantitative estimate of drug-likeness (QED) is 0.420. The van der Waals surface area contributed by atoms with E-state index in [9.17, 15) is 4.79 Å². The number of carbonyl (C=O) groups excluding carboxylic acids is 1. The first-order valence-electron chi connectivity index (χ1n) is 4.50. The fourth-order valence-electron chi connectivity index (χ4n) is 0.624. The maximum absolute atomic E-state index is 10.7. The number of allylic oxidation sites excluding steroid dienone is 1. The summed E-state index contributed by atoms with van der Waals surface area (Å²) in [7, 11) is 0. The lowest BCUT2D eigenvalue weighted by Gasteiger charge is -1.98. The molecule has 0 aliphatic carbocycles. The molecular formula is C10H18O4. The van der Waals surface area contributed by atoms with Gasteiger partial charge in [-0.3, -0.25) is 9.59 Å². The van der Waals surface area contributed by atoms with Gasteiger partial charge in [-0.1, -0.05) is 6.08 Å². The molecule has 0 aromatic carbocycles. The number of unbranched alkanes of at least 4 members (excludes halogenated alkanes) is 1. The lowest BCUT2D eigenvalue weighted by atomic mass is 10.2. The summed E-state index contributed by atoms with van der Waals surface area (Å²) in [6.45, 7) is 6.92. The molecule has 0 aromatic heterocycles. The first-order chi connectivity index (χ1) is 6.54. The Morgan fingerprint density at radius 1 is 1.50 bits per heavy atom. The van der Waals surface area contributed by atoms with Gasteiger partial charge in [-0.25, -0.2) is 0 Å². The molecule has 4 heteroatoms. The summed E-state index contributed by atoms with van der Waals surface area (Å²) in [5.74, 6) is -0.940. The van der Waals surface area contributed by atoms with Crippen LogP contribution in [-0.4, -0.2) is 23.7 Å². The zero-order valence-corrected chi connectivity index (χ0v) is 8.78. The molecule has 0 bridgehead atoms. The number of rotatable bonds is 5. The zero-order valence-electron chi connectivity index (χ0n) is 8.78. The third-order valence-electron chi connectivity index (χ3n) is 1.09. The number of hydrogen-bond acceptors (Lipinski definition) is 3. The summed E-state index contributed by atoms with van der Waals surface area (Å²) < 4.78 is 4.72. The van der Waals surface area contributed by atoms with Crippen molar-refractivity contribution in [2.75, 3.05) is 6.61 Å². The van der Waals surface area contributed by atoms with E-state index < -0.39 is 5.97 Å². The summed E-state index contributed by atoms with van der Waals surface area (Å²) in [5, 5.41) is 7.42. The molecule has 0 saturated carbocycles. The molecule has 0 spiro atoms. The van der Waals surface area contributed by atoms with Crippen LogP contribution in [0, 0.1) is 0 Å². The van der Waals surface area contributed by atoms with Crippen LogP contribution >= 0.6 is 0 Å². The molecule has 1 N–H and O–H groups in total. The fourth-order valence-corrected chi connectivity index (χ4v) is 0.624. The van der Waals surface area contributed by atoms with E-state index in [0.29, 0.717) is 13.0 Å². The molecule has 0 radical (unpaired) electrons. The van der Waals surface area contributed by atoms with Gasteiger partial charge in [0.2, 0.25) is 0 Å². The number of carbonyl (C=O) groups is 2. The van der Waals surface area contributed by atoms with Gasteiger partial charge < -0.3 is 9.84 Å². The summed E-state index contributed by atoms with van der Waals surface area (Å²) >= 11 is 0. The maximum Gasteiger partial charge on any atom is 0.305 e. The molecule has 82 valence electrons. The number of carboxylic acid groups (broad SMARTS) is 1. The van der Waals surface area contributed by atoms with Crippen LogP contribution in [0.3, 0.4) is 0 Å². The van der Waals surface area contributed by atoms with Gasteiger partial charge in [0.05, 0.1) is 6.61 Å². The highest BCUT2D eigenvalue weighted by atomic mass is 16.5. The molecular weight excluding hydrogens is 184 g/mol. The molecule has 0 aliphatic rings. The SMILES string of the molecule is C=CCCCC(=O)OCC.CC(=O)O. The highest BCUT2D eigenvalue weighted by Crippen LogP contribution is 1.97. The Hall–Kier alpha value is -1.32. The molecule has 0 rings (SSSR count). The molecule has 0 heterocycles. The second-order valence-electron chi connectivity index (χ2n) is 2.50. The summed E-state index contributed by atoms with van der Waals surface area (Å²) in [6.07, 6.45) is 4.06. The van der Waals surface area contributed by atoms with Gasteiger partial charge in [-0.2, -0.15) is 0 Å². The standard InChI is InChI=1S/C8H14O2.C2H4O2/c1-3-5-6-7-8(9)10-4-2;1-2(3)4/h3H,1,4-7H2,2H3;1H3,(H,3,4). The Morgan fingerprint density at radius 2 is 2.00 bits per heavy atom. The van der Waals surface area contributed by atoms with Crippen LogP contribution in [0.4, 0.5) is 0 Å². The third kappa shape index (κ3) is 22.4. The molecule has 0 unspecified atom stereocenters. The monoisotopic (exact) mass is 202 g/mol. The van der Waals surface area contributed by atoms with E-state index >= 15 is 0 Å². The Labute approximate surface area is 84.6 Å². The van der Waals surface area contributed by atoms with Gasteiger partial charge in [0.25, 0.3) is 5.97 Å². The molecule has 0 aromatic rings. The predicted octanol–water partition coefficient (Wildman–Crippen LogP) is 2.00. The van der Waals surface area contributed by atoms with Crippen molar-refractivity contribution < 1.29 is 19.4 Å². The second kappa shape index (κ2) is 11.7. The van der Waals surface area contributed by atoms with E-state index in [1.54, 1.807) is 6.08 Å². The Balaban J connectivity index is 0. The topological polar surface area (TPSA) is 63.6 Å². The first-order valence-corrected chi connectivity index (χ1v) is 4.50. The van der Waals surface area contributed by atoms with Crippen LogP contribution in [0.15, 0.2) is 12.7 Å². The summed E-state index contributed by atoms with van der Waals surface area (Å²) in [5.41, 5.74) is 0. The second-order valence-corrected chi connectivity index (χ2v) is 2.50. The molecule has 0 atom stereocenters. The van der Waals surface area contributed by atoms with E-state index in [0.717, 1.165) is 19.8 Å². The summed E-state index contributed by atoms with van der Waals surface area (Å²) in [6, 6.07) is 0. The van der Waals surface area contributed by atoms with Gasteiger partial charge in [-0.15, -0.1) is 6.58 Å². The van der Waals surface area contributed by atoms with Gasteiger partial charge in [0, 0.05) is 13.3 Å². The van der Waals surface area contributed by atoms with Crippen LogP contribution in [0.2, 0.25) is 0 Å². The Morgan fingerprint density at radius 3 is 2.36 bits per heavy atom. The predicted molar refractivity (Wildman–Crippen MR) is 54.0 cm³/mol. The van der Waals surface area contributed by atoms with Crippen molar-refractivity contribution in [3.8, 4) is 0 Å². The lowest BCUT2D eigenvalue weighted by Crippen LogP contribution is -2.02. The van der Waals surface area contributed by atoms with Crippen molar-refractivity contribution in [3.05, 3.63) is 12.7 Å². The number of ether oxygens (including phenoxy) is 1. The van der Waals surface area contributed by atoms with Crippen molar-refractivity contribution in [2.45, 2.75) is 33.1 Å². The highest BCUT2D eigenvalue weighted by molar-refractivity contribution is 5.69.